The molecule has 1 aromatic carbocycles. The van der Waals surface area contributed by atoms with Gasteiger partial charge in [-0.25, -0.2) is 13.6 Å². The van der Waals surface area contributed by atoms with Gasteiger partial charge in [-0.1, -0.05) is 6.07 Å². The molecular weight excluding hydrogens is 316 g/mol. The van der Waals surface area contributed by atoms with Gasteiger partial charge in [0.05, 0.1) is 6.61 Å². The molecule has 6 heteroatoms. The highest BCUT2D eigenvalue weighted by atomic mass is 19.2. The molecule has 0 aliphatic heterocycles. The van der Waals surface area contributed by atoms with Crippen molar-refractivity contribution in [3.63, 3.8) is 0 Å². The smallest absolute Gasteiger partial charge is 0.407 e. The molecular formula is C18H25F2NO3. The quantitative estimate of drug-likeness (QED) is 0.833. The van der Waals surface area contributed by atoms with Crippen LogP contribution in [-0.4, -0.2) is 30.0 Å². The molecule has 0 heterocycles. The van der Waals surface area contributed by atoms with Gasteiger partial charge in [0.15, 0.2) is 11.6 Å². The largest absolute Gasteiger partial charge is 0.444 e. The Morgan fingerprint density at radius 3 is 2.46 bits per heavy atom. The minimum Gasteiger partial charge on any atom is -0.444 e. The summed E-state index contributed by atoms with van der Waals surface area (Å²) in [4.78, 5) is 11.9. The molecule has 1 fully saturated rings. The number of hydrogen-bond donors (Lipinski definition) is 2. The molecule has 1 amide bonds. The maximum absolute atomic E-state index is 13.4. The second kappa shape index (κ2) is 7.05. The zero-order chi connectivity index (χ0) is 18.0. The maximum Gasteiger partial charge on any atom is 0.407 e. The summed E-state index contributed by atoms with van der Waals surface area (Å²) in [6.07, 6.45) is 1.70. The molecule has 134 valence electrons. The lowest BCUT2D eigenvalue weighted by Crippen LogP contribution is -2.44. The Kier molecular flexibility index (Phi) is 5.48. The van der Waals surface area contributed by atoms with Gasteiger partial charge in [-0.15, -0.1) is 0 Å². The third-order valence-electron chi connectivity index (χ3n) is 4.28. The van der Waals surface area contributed by atoms with E-state index in [4.69, 9.17) is 4.74 Å². The normalized spacial score (nSPS) is 17.2. The van der Waals surface area contributed by atoms with Crippen LogP contribution in [0.2, 0.25) is 0 Å². The van der Waals surface area contributed by atoms with Gasteiger partial charge in [0, 0.05) is 12.0 Å². The minimum atomic E-state index is -0.907. The van der Waals surface area contributed by atoms with E-state index in [1.54, 1.807) is 20.8 Å². The highest BCUT2D eigenvalue weighted by Crippen LogP contribution is 2.47. The van der Waals surface area contributed by atoms with Crippen LogP contribution in [0.4, 0.5) is 13.6 Å². The fourth-order valence-corrected chi connectivity index (χ4v) is 2.91. The molecule has 4 nitrogen and oxygen atoms in total. The summed E-state index contributed by atoms with van der Waals surface area (Å²) in [5.74, 6) is -1.56. The first-order valence-corrected chi connectivity index (χ1v) is 8.17. The molecule has 1 aromatic rings. The number of aliphatic hydroxyl groups is 1. The summed E-state index contributed by atoms with van der Waals surface area (Å²) in [5, 5.41) is 12.7. The van der Waals surface area contributed by atoms with Crippen molar-refractivity contribution in [2.75, 3.05) is 13.2 Å². The number of halogens is 2. The second-order valence-electron chi connectivity index (χ2n) is 7.58. The van der Waals surface area contributed by atoms with E-state index in [0.717, 1.165) is 25.0 Å². The van der Waals surface area contributed by atoms with Crippen LogP contribution in [0.1, 0.15) is 39.2 Å². The second-order valence-corrected chi connectivity index (χ2v) is 7.58. The number of carbonyl (C=O) groups excluding carboxylic acids is 1. The summed E-state index contributed by atoms with van der Waals surface area (Å²) in [5.41, 5.74) is -0.604. The van der Waals surface area contributed by atoms with Crippen LogP contribution >= 0.6 is 0 Å². The number of ether oxygens (including phenoxy) is 1. The first-order chi connectivity index (χ1) is 11.1. The third kappa shape index (κ3) is 4.90. The Bertz CT molecular complexity index is 596. The molecule has 24 heavy (non-hydrogen) atoms. The maximum atomic E-state index is 13.4. The summed E-state index contributed by atoms with van der Waals surface area (Å²) in [6, 6.07) is 3.75. The van der Waals surface area contributed by atoms with E-state index in [0.29, 0.717) is 12.0 Å². The predicted octanol–water partition coefficient (Wildman–Crippen LogP) is 3.42. The lowest BCUT2D eigenvalue weighted by Gasteiger charge is -2.33. The standard InChI is InChI=1S/C18H25F2NO3/c1-17(2,3)24-16(23)21-10-18(11-22,13-5-6-13)9-12-4-7-14(19)15(20)8-12/h4,7-8,13,22H,5-6,9-11H2,1-3H3,(H,21,23). The lowest BCUT2D eigenvalue weighted by atomic mass is 9.77. The average Bonchev–Trinajstić information content (AvgIpc) is 3.30. The van der Waals surface area contributed by atoms with Gasteiger partial charge in [0.25, 0.3) is 0 Å². The first kappa shape index (κ1) is 18.6. The van der Waals surface area contributed by atoms with Crippen LogP contribution in [0.5, 0.6) is 0 Å². The van der Waals surface area contributed by atoms with Gasteiger partial charge in [-0.05, 0) is 63.6 Å². The minimum absolute atomic E-state index is 0.146. The molecule has 0 spiro atoms. The number of alkyl carbamates (subject to hydrolysis) is 1. The van der Waals surface area contributed by atoms with Crippen molar-refractivity contribution in [3.8, 4) is 0 Å². The highest BCUT2D eigenvalue weighted by Gasteiger charge is 2.45. The molecule has 0 saturated heterocycles. The van der Waals surface area contributed by atoms with Crippen molar-refractivity contribution in [1.82, 2.24) is 5.32 Å². The van der Waals surface area contributed by atoms with Crippen LogP contribution < -0.4 is 5.32 Å². The molecule has 2 rings (SSSR count). The zero-order valence-corrected chi connectivity index (χ0v) is 14.4. The van der Waals surface area contributed by atoms with Crippen molar-refractivity contribution < 1.29 is 23.4 Å². The van der Waals surface area contributed by atoms with Gasteiger partial charge in [0.1, 0.15) is 5.60 Å². The highest BCUT2D eigenvalue weighted by molar-refractivity contribution is 5.67. The number of amides is 1. The molecule has 0 bridgehead atoms. The topological polar surface area (TPSA) is 58.6 Å². The Morgan fingerprint density at radius 1 is 1.29 bits per heavy atom. The number of carbonyl (C=O) groups is 1. The van der Waals surface area contributed by atoms with Crippen LogP contribution in [0.15, 0.2) is 18.2 Å². The van der Waals surface area contributed by atoms with Gasteiger partial charge in [-0.3, -0.25) is 0 Å². The molecule has 2 N–H and O–H groups in total. The van der Waals surface area contributed by atoms with Crippen molar-refractivity contribution in [1.29, 1.82) is 0 Å². The Labute approximate surface area is 141 Å². The van der Waals surface area contributed by atoms with Crippen molar-refractivity contribution in [2.24, 2.45) is 11.3 Å². The van der Waals surface area contributed by atoms with E-state index in [9.17, 15) is 18.7 Å². The SMILES string of the molecule is CC(C)(C)OC(=O)NCC(CO)(Cc1ccc(F)c(F)c1)C1CC1. The molecule has 1 atom stereocenters. The van der Waals surface area contributed by atoms with Crippen LogP contribution in [0.3, 0.4) is 0 Å². The van der Waals surface area contributed by atoms with Crippen molar-refractivity contribution >= 4 is 6.09 Å². The molecule has 0 aromatic heterocycles. The van der Waals surface area contributed by atoms with E-state index >= 15 is 0 Å². The van der Waals surface area contributed by atoms with Gasteiger partial charge >= 0.3 is 6.09 Å². The molecule has 1 saturated carbocycles. The number of aliphatic hydroxyl groups excluding tert-OH is 1. The molecule has 1 unspecified atom stereocenters. The van der Waals surface area contributed by atoms with E-state index in [1.165, 1.54) is 6.07 Å². The van der Waals surface area contributed by atoms with E-state index in [2.05, 4.69) is 5.32 Å². The summed E-state index contributed by atoms with van der Waals surface area (Å²) in [7, 11) is 0. The zero-order valence-electron chi connectivity index (χ0n) is 14.4. The van der Waals surface area contributed by atoms with Crippen LogP contribution in [0.25, 0.3) is 0 Å². The Morgan fingerprint density at radius 2 is 1.96 bits per heavy atom. The number of rotatable bonds is 6. The van der Waals surface area contributed by atoms with Crippen molar-refractivity contribution in [3.05, 3.63) is 35.4 Å². The molecule has 1 aliphatic carbocycles. The fourth-order valence-electron chi connectivity index (χ4n) is 2.91. The van der Waals surface area contributed by atoms with Gasteiger partial charge in [0.2, 0.25) is 0 Å². The summed E-state index contributed by atoms with van der Waals surface area (Å²) >= 11 is 0. The van der Waals surface area contributed by atoms with E-state index in [-0.39, 0.29) is 19.1 Å². The summed E-state index contributed by atoms with van der Waals surface area (Å²) in [6.45, 7) is 5.39. The Balaban J connectivity index is 2.08. The van der Waals surface area contributed by atoms with E-state index in [1.807, 2.05) is 0 Å². The fraction of sp³-hybridized carbons (Fsp3) is 0.611. The van der Waals surface area contributed by atoms with Gasteiger partial charge in [-0.2, -0.15) is 0 Å². The van der Waals surface area contributed by atoms with E-state index < -0.39 is 28.7 Å². The monoisotopic (exact) mass is 341 g/mol. The third-order valence-corrected chi connectivity index (χ3v) is 4.28. The summed E-state index contributed by atoms with van der Waals surface area (Å²) < 4.78 is 31.8. The lowest BCUT2D eigenvalue weighted by molar-refractivity contribution is 0.0439. The first-order valence-electron chi connectivity index (χ1n) is 8.17. The average molecular weight is 341 g/mol. The van der Waals surface area contributed by atoms with Crippen LogP contribution in [-0.2, 0) is 11.2 Å². The molecule has 1 aliphatic rings. The predicted molar refractivity (Wildman–Crippen MR) is 86.5 cm³/mol. The molecule has 0 radical (unpaired) electrons. The number of nitrogens with one attached hydrogen (secondary N) is 1. The number of hydrogen-bond acceptors (Lipinski definition) is 3. The van der Waals surface area contributed by atoms with Crippen LogP contribution in [0, 0.1) is 23.0 Å². The van der Waals surface area contributed by atoms with Gasteiger partial charge < -0.3 is 15.2 Å². The Hall–Kier alpha value is -1.69. The van der Waals surface area contributed by atoms with Crippen molar-refractivity contribution in [2.45, 2.75) is 45.6 Å². The number of benzene rings is 1.